The molecule has 0 unspecified atom stereocenters. The Hall–Kier alpha value is -3.85. The van der Waals surface area contributed by atoms with E-state index in [2.05, 4.69) is 20.4 Å². The molecule has 2 aromatic heterocycles. The van der Waals surface area contributed by atoms with Crippen molar-refractivity contribution in [1.29, 1.82) is 0 Å². The lowest BCUT2D eigenvalue weighted by Crippen LogP contribution is -2.24. The summed E-state index contributed by atoms with van der Waals surface area (Å²) in [7, 11) is 0. The van der Waals surface area contributed by atoms with Crippen LogP contribution in [0, 0.1) is 0 Å². The first-order valence-electron chi connectivity index (χ1n) is 9.03. The van der Waals surface area contributed by atoms with Gasteiger partial charge in [0, 0.05) is 29.1 Å². The van der Waals surface area contributed by atoms with Gasteiger partial charge in [0.05, 0.1) is 17.0 Å². The number of fused-ring (bicyclic) bond motifs is 3. The van der Waals surface area contributed by atoms with Gasteiger partial charge in [0.2, 0.25) is 11.1 Å². The maximum atomic E-state index is 13.0. The van der Waals surface area contributed by atoms with Crippen molar-refractivity contribution in [1.82, 2.24) is 19.6 Å². The molecule has 0 spiro atoms. The van der Waals surface area contributed by atoms with E-state index >= 15 is 0 Å². The van der Waals surface area contributed by atoms with Gasteiger partial charge in [-0.1, -0.05) is 48.2 Å². The largest absolute Gasteiger partial charge is 0.325 e. The Morgan fingerprint density at radius 2 is 1.73 bits per heavy atom. The highest BCUT2D eigenvalue weighted by atomic mass is 32.2. The number of benzene rings is 2. The predicted molar refractivity (Wildman–Crippen MR) is 110 cm³/mol. The first kappa shape index (κ1) is 18.2. The number of amides is 1. The van der Waals surface area contributed by atoms with Crippen molar-refractivity contribution in [3.05, 3.63) is 83.2 Å². The second-order valence-electron chi connectivity index (χ2n) is 6.53. The fourth-order valence-corrected chi connectivity index (χ4v) is 3.96. The van der Waals surface area contributed by atoms with Gasteiger partial charge < -0.3 is 5.32 Å². The van der Waals surface area contributed by atoms with Gasteiger partial charge >= 0.3 is 0 Å². The van der Waals surface area contributed by atoms with Crippen LogP contribution in [0.1, 0.15) is 31.8 Å². The third-order valence-corrected chi connectivity index (χ3v) is 5.49. The molecule has 8 nitrogen and oxygen atoms in total. The summed E-state index contributed by atoms with van der Waals surface area (Å²) in [6.07, 6.45) is 3.33. The molecule has 5 rings (SSSR count). The lowest BCUT2D eigenvalue weighted by molar-refractivity contribution is -0.113. The second-order valence-corrected chi connectivity index (χ2v) is 7.47. The van der Waals surface area contributed by atoms with Gasteiger partial charge in [-0.2, -0.15) is 4.98 Å². The van der Waals surface area contributed by atoms with Gasteiger partial charge in [0.25, 0.3) is 5.78 Å². The number of ketones is 2. The van der Waals surface area contributed by atoms with Crippen molar-refractivity contribution in [3.63, 3.8) is 0 Å². The number of rotatable bonds is 4. The Labute approximate surface area is 174 Å². The molecule has 4 aromatic rings. The summed E-state index contributed by atoms with van der Waals surface area (Å²) >= 11 is 1.15. The number of nitrogens with zero attached hydrogens (tertiary/aromatic N) is 4. The van der Waals surface area contributed by atoms with Crippen LogP contribution in [0.15, 0.2) is 66.1 Å². The minimum atomic E-state index is -0.334. The molecule has 1 N–H and O–H groups in total. The van der Waals surface area contributed by atoms with Gasteiger partial charge in [-0.05, 0) is 12.1 Å². The molecule has 1 aliphatic carbocycles. The molecule has 0 saturated heterocycles. The van der Waals surface area contributed by atoms with Crippen molar-refractivity contribution in [2.24, 2.45) is 0 Å². The highest BCUT2D eigenvalue weighted by molar-refractivity contribution is 7.99. The monoisotopic (exact) mass is 415 g/mol. The third-order valence-electron chi connectivity index (χ3n) is 4.66. The molecule has 0 aliphatic heterocycles. The van der Waals surface area contributed by atoms with Crippen molar-refractivity contribution in [2.45, 2.75) is 5.16 Å². The molecule has 0 bridgehead atoms. The molecule has 0 fully saturated rings. The van der Waals surface area contributed by atoms with Crippen LogP contribution in [0.5, 0.6) is 0 Å². The summed E-state index contributed by atoms with van der Waals surface area (Å²) in [5.74, 6) is -0.359. The Kier molecular flexibility index (Phi) is 4.36. The number of carbonyl (C=O) groups excluding carboxylic acids is 3. The molecule has 0 atom stereocenters. The van der Waals surface area contributed by atoms with E-state index in [4.69, 9.17) is 0 Å². The number of hydrogen-bond donors (Lipinski definition) is 1. The Morgan fingerprint density at radius 1 is 0.967 bits per heavy atom. The minimum absolute atomic E-state index is 0.0409. The Balaban J connectivity index is 1.37. The number of anilines is 1. The summed E-state index contributed by atoms with van der Waals surface area (Å²) in [4.78, 5) is 46.6. The Morgan fingerprint density at radius 3 is 2.53 bits per heavy atom. The van der Waals surface area contributed by atoms with Gasteiger partial charge in [-0.3, -0.25) is 14.4 Å². The van der Waals surface area contributed by atoms with E-state index in [0.717, 1.165) is 11.8 Å². The van der Waals surface area contributed by atoms with Crippen molar-refractivity contribution < 1.29 is 14.4 Å². The summed E-state index contributed by atoms with van der Waals surface area (Å²) < 4.78 is 1.52. The van der Waals surface area contributed by atoms with E-state index in [1.807, 2.05) is 0 Å². The molecular formula is C21H13N5O3S. The lowest BCUT2D eigenvalue weighted by Gasteiger charge is -2.20. The zero-order chi connectivity index (χ0) is 20.7. The molecule has 0 saturated carbocycles. The lowest BCUT2D eigenvalue weighted by atomic mass is 9.83. The van der Waals surface area contributed by atoms with Crippen LogP contribution in [0.4, 0.5) is 5.69 Å². The van der Waals surface area contributed by atoms with E-state index < -0.39 is 0 Å². The molecule has 2 aromatic carbocycles. The third kappa shape index (κ3) is 3.05. The first-order valence-corrected chi connectivity index (χ1v) is 10.0. The van der Waals surface area contributed by atoms with E-state index in [9.17, 15) is 14.4 Å². The average molecular weight is 415 g/mol. The predicted octanol–water partition coefficient (Wildman–Crippen LogP) is 2.63. The van der Waals surface area contributed by atoms with Crippen molar-refractivity contribution >= 4 is 40.7 Å². The zero-order valence-corrected chi connectivity index (χ0v) is 16.2. The molecule has 9 heteroatoms. The van der Waals surface area contributed by atoms with Gasteiger partial charge in [0.15, 0.2) is 11.6 Å². The summed E-state index contributed by atoms with van der Waals surface area (Å²) in [5.41, 5.74) is 1.54. The van der Waals surface area contributed by atoms with Crippen LogP contribution >= 0.6 is 11.8 Å². The Bertz CT molecular complexity index is 1310. The van der Waals surface area contributed by atoms with Gasteiger partial charge in [-0.15, -0.1) is 5.10 Å². The number of hydrogen-bond acceptors (Lipinski definition) is 7. The highest BCUT2D eigenvalue weighted by Crippen LogP contribution is 2.32. The van der Waals surface area contributed by atoms with Gasteiger partial charge in [-0.25, -0.2) is 9.50 Å². The van der Waals surface area contributed by atoms with Crippen LogP contribution in [0.25, 0.3) is 5.78 Å². The van der Waals surface area contributed by atoms with Gasteiger partial charge in [0.1, 0.15) is 0 Å². The average Bonchev–Trinajstić information content (AvgIpc) is 3.19. The number of nitrogens with one attached hydrogen (secondary N) is 1. The summed E-state index contributed by atoms with van der Waals surface area (Å²) in [6.45, 7) is 0. The van der Waals surface area contributed by atoms with Crippen molar-refractivity contribution in [3.8, 4) is 0 Å². The number of aromatic nitrogens is 4. The molecule has 1 amide bonds. The minimum Gasteiger partial charge on any atom is -0.325 e. The van der Waals surface area contributed by atoms with E-state index in [1.54, 1.807) is 60.9 Å². The standard InChI is InChI=1S/C21H13N5O3S/c27-16(11-30-21-24-20-22-9-4-10-26(20)25-21)23-15-8-3-7-14-17(15)19(29)13-6-2-1-5-12(13)18(14)28/h1-10H,11H2,(H,23,27). The quantitative estimate of drug-likeness (QED) is 0.450. The van der Waals surface area contributed by atoms with E-state index in [1.165, 1.54) is 4.52 Å². The topological polar surface area (TPSA) is 106 Å². The van der Waals surface area contributed by atoms with E-state index in [-0.39, 0.29) is 34.4 Å². The maximum absolute atomic E-state index is 13.0. The molecule has 1 aliphatic rings. The van der Waals surface area contributed by atoms with Crippen LogP contribution in [0.3, 0.4) is 0 Å². The smallest absolute Gasteiger partial charge is 0.253 e. The fraction of sp³-hybridized carbons (Fsp3) is 0.0476. The van der Waals surface area contributed by atoms with Crippen LogP contribution < -0.4 is 5.32 Å². The van der Waals surface area contributed by atoms with E-state index in [0.29, 0.717) is 27.7 Å². The first-order chi connectivity index (χ1) is 14.6. The molecular weight excluding hydrogens is 402 g/mol. The summed E-state index contributed by atoms with van der Waals surface area (Å²) in [5, 5.41) is 7.40. The van der Waals surface area contributed by atoms with Crippen LogP contribution in [0.2, 0.25) is 0 Å². The fourth-order valence-electron chi connectivity index (χ4n) is 3.34. The maximum Gasteiger partial charge on any atom is 0.253 e. The molecule has 146 valence electrons. The normalized spacial score (nSPS) is 12.5. The van der Waals surface area contributed by atoms with Crippen LogP contribution in [-0.2, 0) is 4.79 Å². The number of thioether (sulfide) groups is 1. The number of carbonyl (C=O) groups is 3. The van der Waals surface area contributed by atoms with Crippen LogP contribution in [-0.4, -0.2) is 42.8 Å². The SMILES string of the molecule is O=C(CSc1nc2ncccn2n1)Nc1cccc2c1C(=O)c1ccccc1C2=O. The molecule has 30 heavy (non-hydrogen) atoms. The zero-order valence-electron chi connectivity index (χ0n) is 15.4. The molecule has 0 radical (unpaired) electrons. The second kappa shape index (κ2) is 7.20. The van der Waals surface area contributed by atoms with Crippen molar-refractivity contribution in [2.75, 3.05) is 11.1 Å². The summed E-state index contributed by atoms with van der Waals surface area (Å²) in [6, 6.07) is 13.3. The highest BCUT2D eigenvalue weighted by Gasteiger charge is 2.31. The molecule has 2 heterocycles.